The van der Waals surface area contributed by atoms with Gasteiger partial charge in [0.1, 0.15) is 5.15 Å². The molecule has 0 aliphatic heterocycles. The van der Waals surface area contributed by atoms with E-state index >= 15 is 0 Å². The van der Waals surface area contributed by atoms with Gasteiger partial charge in [-0.3, -0.25) is 14.3 Å². The number of carbonyl (C=O) groups is 2. The van der Waals surface area contributed by atoms with Gasteiger partial charge in [0.25, 0.3) is 0 Å². The summed E-state index contributed by atoms with van der Waals surface area (Å²) in [5.41, 5.74) is 1.18. The molecule has 0 saturated heterocycles. The zero-order chi connectivity index (χ0) is 20.1. The van der Waals surface area contributed by atoms with E-state index in [0.717, 1.165) is 17.8 Å². The van der Waals surface area contributed by atoms with Gasteiger partial charge in [-0.15, -0.1) is 0 Å². The summed E-state index contributed by atoms with van der Waals surface area (Å²) in [5.74, 6) is 0.00544. The molecule has 2 amide bonds. The third-order valence-corrected chi connectivity index (χ3v) is 3.98. The van der Waals surface area contributed by atoms with Crippen molar-refractivity contribution in [2.45, 2.75) is 60.5 Å². The Kier molecular flexibility index (Phi) is 7.87. The van der Waals surface area contributed by atoms with Crippen LogP contribution in [0.25, 0.3) is 6.08 Å². The van der Waals surface area contributed by atoms with E-state index < -0.39 is 0 Å². The summed E-state index contributed by atoms with van der Waals surface area (Å²) in [6.45, 7) is 14.8. The van der Waals surface area contributed by atoms with Crippen LogP contribution >= 0.6 is 11.6 Å². The van der Waals surface area contributed by atoms with Crippen molar-refractivity contribution >= 4 is 29.5 Å². The largest absolute Gasteiger partial charge is 0.350 e. The molecule has 0 saturated carbocycles. The Bertz CT molecular complexity index is 672. The van der Waals surface area contributed by atoms with Crippen molar-refractivity contribution in [1.29, 1.82) is 0 Å². The third kappa shape index (κ3) is 6.83. The smallest absolute Gasteiger partial charge is 0.247 e. The summed E-state index contributed by atoms with van der Waals surface area (Å²) in [6.07, 6.45) is 3.12. The highest BCUT2D eigenvalue weighted by Gasteiger charge is 2.18. The molecule has 1 aromatic rings. The maximum atomic E-state index is 12.4. The molecule has 0 radical (unpaired) electrons. The normalized spacial score (nSPS) is 12.0. The van der Waals surface area contributed by atoms with Crippen LogP contribution in [0.2, 0.25) is 5.15 Å². The molecule has 6 nitrogen and oxygen atoms in total. The van der Waals surface area contributed by atoms with E-state index in [2.05, 4.69) is 24.3 Å². The Morgan fingerprint density at radius 1 is 1.35 bits per heavy atom. The second-order valence-corrected chi connectivity index (χ2v) is 8.21. The Balaban J connectivity index is 2.85. The number of rotatable bonds is 7. The topological polar surface area (TPSA) is 67.2 Å². The Labute approximate surface area is 161 Å². The number of likely N-dealkylation sites (N-methyl/N-ethyl adjacent to an activating group) is 1. The van der Waals surface area contributed by atoms with Crippen LogP contribution in [0.4, 0.5) is 0 Å². The molecule has 0 atom stereocenters. The van der Waals surface area contributed by atoms with Gasteiger partial charge in [0, 0.05) is 30.3 Å². The first-order valence-corrected chi connectivity index (χ1v) is 9.33. The van der Waals surface area contributed by atoms with E-state index in [-0.39, 0.29) is 23.9 Å². The number of aromatic nitrogens is 2. The number of aryl methyl sites for hydroxylation is 1. The van der Waals surface area contributed by atoms with E-state index in [1.54, 1.807) is 10.8 Å². The molecular formula is C19H31ClN4O2. The molecule has 1 N–H and O–H groups in total. The predicted molar refractivity (Wildman–Crippen MR) is 106 cm³/mol. The van der Waals surface area contributed by atoms with E-state index in [0.29, 0.717) is 17.6 Å². The highest BCUT2D eigenvalue weighted by Crippen LogP contribution is 2.22. The number of amides is 2. The van der Waals surface area contributed by atoms with Crippen LogP contribution < -0.4 is 5.32 Å². The average molecular weight is 383 g/mol. The highest BCUT2D eigenvalue weighted by atomic mass is 35.5. The molecular weight excluding hydrogens is 352 g/mol. The highest BCUT2D eigenvalue weighted by molar-refractivity contribution is 6.31. The van der Waals surface area contributed by atoms with Crippen LogP contribution in [0, 0.1) is 12.8 Å². The molecule has 0 spiro atoms. The second kappa shape index (κ2) is 9.21. The van der Waals surface area contributed by atoms with E-state index in [1.165, 1.54) is 11.0 Å². The SMILES string of the molecule is CCN(CC(=O)NC(C)(C)C)C(=O)/C=C/c1c(C)nn(CC(C)C)c1Cl. The van der Waals surface area contributed by atoms with Gasteiger partial charge < -0.3 is 10.2 Å². The van der Waals surface area contributed by atoms with Crippen molar-refractivity contribution < 1.29 is 9.59 Å². The first-order valence-electron chi connectivity index (χ1n) is 8.95. The van der Waals surface area contributed by atoms with Gasteiger partial charge in [-0.1, -0.05) is 25.4 Å². The first kappa shape index (κ1) is 22.2. The summed E-state index contributed by atoms with van der Waals surface area (Å²) < 4.78 is 1.75. The van der Waals surface area contributed by atoms with Gasteiger partial charge in [0.05, 0.1) is 12.2 Å². The lowest BCUT2D eigenvalue weighted by atomic mass is 10.1. The Morgan fingerprint density at radius 3 is 2.46 bits per heavy atom. The molecule has 0 bridgehead atoms. The fourth-order valence-electron chi connectivity index (χ4n) is 2.46. The van der Waals surface area contributed by atoms with Crippen LogP contribution in [-0.4, -0.2) is 45.1 Å². The van der Waals surface area contributed by atoms with Crippen molar-refractivity contribution in [3.05, 3.63) is 22.5 Å². The summed E-state index contributed by atoms with van der Waals surface area (Å²) in [5, 5.41) is 7.81. The molecule has 0 aromatic carbocycles. The summed E-state index contributed by atoms with van der Waals surface area (Å²) >= 11 is 6.39. The molecule has 1 aromatic heterocycles. The van der Waals surface area contributed by atoms with Crippen molar-refractivity contribution in [1.82, 2.24) is 20.0 Å². The minimum atomic E-state index is -0.328. The Morgan fingerprint density at radius 2 is 1.96 bits per heavy atom. The number of hydrogen-bond acceptors (Lipinski definition) is 3. The Hall–Kier alpha value is -1.82. The fourth-order valence-corrected chi connectivity index (χ4v) is 2.77. The zero-order valence-corrected chi connectivity index (χ0v) is 17.6. The molecule has 0 aliphatic carbocycles. The fraction of sp³-hybridized carbons (Fsp3) is 0.632. The van der Waals surface area contributed by atoms with Gasteiger partial charge in [-0.2, -0.15) is 5.10 Å². The van der Waals surface area contributed by atoms with E-state index in [4.69, 9.17) is 11.6 Å². The lowest BCUT2D eigenvalue weighted by Gasteiger charge is -2.24. The van der Waals surface area contributed by atoms with Gasteiger partial charge >= 0.3 is 0 Å². The predicted octanol–water partition coefficient (Wildman–Crippen LogP) is 3.28. The van der Waals surface area contributed by atoms with Crippen molar-refractivity contribution in [3.8, 4) is 0 Å². The van der Waals surface area contributed by atoms with Gasteiger partial charge in [0.2, 0.25) is 11.8 Å². The standard InChI is InChI=1S/C19H31ClN4O2/c1-8-23(12-16(25)21-19(5,6)7)17(26)10-9-15-14(4)22-24(18(15)20)11-13(2)3/h9-10,13H,8,11-12H2,1-7H3,(H,21,25)/b10-9+. The second-order valence-electron chi connectivity index (χ2n) is 7.85. The summed E-state index contributed by atoms with van der Waals surface area (Å²) in [4.78, 5) is 26.0. The maximum absolute atomic E-state index is 12.4. The van der Waals surface area contributed by atoms with E-state index in [9.17, 15) is 9.59 Å². The molecule has 146 valence electrons. The number of carbonyl (C=O) groups excluding carboxylic acids is 2. The summed E-state index contributed by atoms with van der Waals surface area (Å²) in [6, 6.07) is 0. The molecule has 26 heavy (non-hydrogen) atoms. The maximum Gasteiger partial charge on any atom is 0.247 e. The van der Waals surface area contributed by atoms with Gasteiger partial charge in [0.15, 0.2) is 0 Å². The number of nitrogens with zero attached hydrogens (tertiary/aromatic N) is 3. The van der Waals surface area contributed by atoms with Crippen LogP contribution in [0.1, 0.15) is 52.8 Å². The lowest BCUT2D eigenvalue weighted by molar-refractivity contribution is -0.132. The molecule has 7 heteroatoms. The molecule has 0 unspecified atom stereocenters. The van der Waals surface area contributed by atoms with Crippen LogP contribution in [0.3, 0.4) is 0 Å². The molecule has 0 fully saturated rings. The monoisotopic (exact) mass is 382 g/mol. The molecule has 0 aliphatic rings. The van der Waals surface area contributed by atoms with Crippen molar-refractivity contribution in [2.75, 3.05) is 13.1 Å². The quantitative estimate of drug-likeness (QED) is 0.736. The summed E-state index contributed by atoms with van der Waals surface area (Å²) in [7, 11) is 0. The van der Waals surface area contributed by atoms with Crippen molar-refractivity contribution in [3.63, 3.8) is 0 Å². The first-order chi connectivity index (χ1) is 11.9. The van der Waals surface area contributed by atoms with Crippen LogP contribution in [0.5, 0.6) is 0 Å². The third-order valence-electron chi connectivity index (χ3n) is 3.58. The lowest BCUT2D eigenvalue weighted by Crippen LogP contribution is -2.47. The minimum Gasteiger partial charge on any atom is -0.350 e. The number of hydrogen-bond donors (Lipinski definition) is 1. The number of nitrogens with one attached hydrogen (secondary N) is 1. The van der Waals surface area contributed by atoms with Crippen LogP contribution in [-0.2, 0) is 16.1 Å². The molecule has 1 heterocycles. The van der Waals surface area contributed by atoms with Crippen molar-refractivity contribution in [2.24, 2.45) is 5.92 Å². The van der Waals surface area contributed by atoms with Gasteiger partial charge in [-0.25, -0.2) is 0 Å². The van der Waals surface area contributed by atoms with E-state index in [1.807, 2.05) is 34.6 Å². The van der Waals surface area contributed by atoms with Gasteiger partial charge in [-0.05, 0) is 46.6 Å². The van der Waals surface area contributed by atoms with Crippen LogP contribution in [0.15, 0.2) is 6.08 Å². The number of halogens is 1. The molecule has 1 rings (SSSR count). The average Bonchev–Trinajstić information content (AvgIpc) is 2.74. The zero-order valence-electron chi connectivity index (χ0n) is 16.9. The minimum absolute atomic E-state index is 0.0241.